The van der Waals surface area contributed by atoms with Crippen LogP contribution in [0.15, 0.2) is 199 Å². The van der Waals surface area contributed by atoms with Gasteiger partial charge in [0.2, 0.25) is 0 Å². The van der Waals surface area contributed by atoms with Gasteiger partial charge in [0.05, 0.1) is 0 Å². The summed E-state index contributed by atoms with van der Waals surface area (Å²) in [5, 5.41) is 14.9. The molecule has 0 N–H and O–H groups in total. The third kappa shape index (κ3) is 4.58. The minimum absolute atomic E-state index is 0.202. The van der Waals surface area contributed by atoms with Crippen LogP contribution in [0.2, 0.25) is 0 Å². The van der Waals surface area contributed by atoms with E-state index < -0.39 is 0 Å². The average Bonchev–Trinajstić information content (AvgIpc) is 3.80. The highest BCUT2D eigenvalue weighted by molar-refractivity contribution is 6.30. The lowest BCUT2D eigenvalue weighted by atomic mass is 9.80. The van der Waals surface area contributed by atoms with Crippen LogP contribution in [-0.4, -0.2) is 0 Å². The second-order valence-electron chi connectivity index (χ2n) is 17.1. The highest BCUT2D eigenvalue weighted by Crippen LogP contribution is 2.53. The molecule has 0 saturated carbocycles. The molecule has 1 heterocycles. The minimum atomic E-state index is -0.202. The molecular weight excluding hydrogens is 725 g/mol. The molecule has 280 valence electrons. The second kappa shape index (κ2) is 12.3. The lowest BCUT2D eigenvalue weighted by Crippen LogP contribution is -2.15. The van der Waals surface area contributed by atoms with Crippen molar-refractivity contribution in [2.24, 2.45) is 0 Å². The number of rotatable bonds is 3. The quantitative estimate of drug-likeness (QED) is 0.129. The molecular formula is C59H38O. The summed E-state index contributed by atoms with van der Waals surface area (Å²) < 4.78 is 6.79. The molecule has 1 nitrogen and oxygen atoms in total. The van der Waals surface area contributed by atoms with Crippen LogP contribution in [0.3, 0.4) is 0 Å². The first-order chi connectivity index (χ1) is 29.5. The summed E-state index contributed by atoms with van der Waals surface area (Å²) in [5.41, 5.74) is 14.5. The first-order valence-corrected chi connectivity index (χ1v) is 21.0. The summed E-state index contributed by atoms with van der Waals surface area (Å²) in [6, 6.07) is 71.8. The van der Waals surface area contributed by atoms with Gasteiger partial charge in [0.1, 0.15) is 11.2 Å². The third-order valence-corrected chi connectivity index (χ3v) is 13.6. The van der Waals surface area contributed by atoms with Crippen LogP contribution in [0.5, 0.6) is 0 Å². The Labute approximate surface area is 347 Å². The normalized spacial score (nSPS) is 13.3. The Morgan fingerprint density at radius 2 is 0.817 bits per heavy atom. The molecule has 0 bridgehead atoms. The van der Waals surface area contributed by atoms with E-state index in [4.69, 9.17) is 4.42 Å². The molecule has 1 aliphatic rings. The van der Waals surface area contributed by atoms with Crippen LogP contribution in [0.25, 0.3) is 120 Å². The van der Waals surface area contributed by atoms with Crippen molar-refractivity contribution in [2.45, 2.75) is 19.3 Å². The zero-order valence-corrected chi connectivity index (χ0v) is 33.4. The van der Waals surface area contributed by atoms with Gasteiger partial charge in [-0.1, -0.05) is 184 Å². The zero-order valence-electron chi connectivity index (χ0n) is 33.4. The molecule has 13 rings (SSSR count). The predicted octanol–water partition coefficient (Wildman–Crippen LogP) is 16.7. The van der Waals surface area contributed by atoms with Crippen LogP contribution in [0.1, 0.15) is 25.0 Å². The van der Waals surface area contributed by atoms with Crippen molar-refractivity contribution >= 4 is 75.8 Å². The van der Waals surface area contributed by atoms with Gasteiger partial charge in [-0.2, -0.15) is 0 Å². The fourth-order valence-corrected chi connectivity index (χ4v) is 10.8. The molecule has 1 aliphatic carbocycles. The van der Waals surface area contributed by atoms with Gasteiger partial charge < -0.3 is 4.42 Å². The first-order valence-electron chi connectivity index (χ1n) is 21.0. The van der Waals surface area contributed by atoms with Crippen molar-refractivity contribution in [1.82, 2.24) is 0 Å². The Hall–Kier alpha value is -7.48. The Morgan fingerprint density at radius 1 is 0.333 bits per heavy atom. The topological polar surface area (TPSA) is 13.1 Å². The number of benzene rings is 11. The van der Waals surface area contributed by atoms with Gasteiger partial charge in [-0.05, 0) is 128 Å². The van der Waals surface area contributed by atoms with E-state index >= 15 is 0 Å². The van der Waals surface area contributed by atoms with E-state index in [9.17, 15) is 0 Å². The number of furan rings is 1. The SMILES string of the molecule is CC1(C)c2cc(-c3ccc4c(c3)oc3c5ccccc5c5ccccc5c43)ccc2-c2ccc(-c3c4ccccc4c(-c4cccc5ccccc45)c4ccccc34)cc21. The molecule has 0 radical (unpaired) electrons. The summed E-state index contributed by atoms with van der Waals surface area (Å²) in [5.74, 6) is 0. The van der Waals surface area contributed by atoms with Crippen molar-refractivity contribution in [3.05, 3.63) is 205 Å². The Morgan fingerprint density at radius 3 is 1.50 bits per heavy atom. The van der Waals surface area contributed by atoms with Gasteiger partial charge in [0, 0.05) is 21.6 Å². The highest BCUT2D eigenvalue weighted by Gasteiger charge is 2.36. The number of hydrogen-bond donors (Lipinski definition) is 0. The Kier molecular flexibility index (Phi) is 6.85. The van der Waals surface area contributed by atoms with E-state index in [-0.39, 0.29) is 5.41 Å². The monoisotopic (exact) mass is 762 g/mol. The van der Waals surface area contributed by atoms with Crippen LogP contribution in [0.4, 0.5) is 0 Å². The molecule has 0 saturated heterocycles. The lowest BCUT2D eigenvalue weighted by Gasteiger charge is -2.23. The third-order valence-electron chi connectivity index (χ3n) is 13.6. The smallest absolute Gasteiger partial charge is 0.143 e. The number of fused-ring (bicyclic) bond motifs is 14. The van der Waals surface area contributed by atoms with E-state index in [2.05, 4.69) is 208 Å². The van der Waals surface area contributed by atoms with Crippen molar-refractivity contribution < 1.29 is 4.42 Å². The number of hydrogen-bond acceptors (Lipinski definition) is 1. The van der Waals surface area contributed by atoms with Gasteiger partial charge in [-0.15, -0.1) is 0 Å². The van der Waals surface area contributed by atoms with Gasteiger partial charge >= 0.3 is 0 Å². The van der Waals surface area contributed by atoms with E-state index in [1.807, 2.05) is 0 Å². The van der Waals surface area contributed by atoms with Crippen LogP contribution in [0, 0.1) is 0 Å². The van der Waals surface area contributed by atoms with E-state index in [1.165, 1.54) is 104 Å². The molecule has 1 heteroatoms. The fraction of sp³-hybridized carbons (Fsp3) is 0.0508. The Balaban J connectivity index is 0.950. The van der Waals surface area contributed by atoms with Crippen molar-refractivity contribution in [2.75, 3.05) is 0 Å². The highest BCUT2D eigenvalue weighted by atomic mass is 16.3. The van der Waals surface area contributed by atoms with Gasteiger partial charge in [0.15, 0.2) is 0 Å². The zero-order chi connectivity index (χ0) is 39.7. The van der Waals surface area contributed by atoms with E-state index in [0.717, 1.165) is 27.5 Å². The van der Waals surface area contributed by atoms with Gasteiger partial charge in [0.25, 0.3) is 0 Å². The fourth-order valence-electron chi connectivity index (χ4n) is 10.8. The van der Waals surface area contributed by atoms with Gasteiger partial charge in [-0.3, -0.25) is 0 Å². The molecule has 12 aromatic rings. The summed E-state index contributed by atoms with van der Waals surface area (Å²) in [7, 11) is 0. The lowest BCUT2D eigenvalue weighted by molar-refractivity contribution is 0.661. The van der Waals surface area contributed by atoms with Crippen LogP contribution < -0.4 is 0 Å². The molecule has 0 unspecified atom stereocenters. The molecule has 0 spiro atoms. The molecule has 0 fully saturated rings. The molecule has 60 heavy (non-hydrogen) atoms. The van der Waals surface area contributed by atoms with Crippen molar-refractivity contribution in [3.63, 3.8) is 0 Å². The molecule has 0 atom stereocenters. The average molecular weight is 763 g/mol. The van der Waals surface area contributed by atoms with Crippen LogP contribution >= 0.6 is 0 Å². The molecule has 0 amide bonds. The van der Waals surface area contributed by atoms with Crippen LogP contribution in [-0.2, 0) is 5.41 Å². The summed E-state index contributed by atoms with van der Waals surface area (Å²) >= 11 is 0. The minimum Gasteiger partial charge on any atom is -0.455 e. The maximum atomic E-state index is 6.79. The molecule has 1 aromatic heterocycles. The van der Waals surface area contributed by atoms with E-state index in [1.54, 1.807) is 0 Å². The van der Waals surface area contributed by atoms with Crippen molar-refractivity contribution in [3.8, 4) is 44.5 Å². The van der Waals surface area contributed by atoms with Crippen molar-refractivity contribution in [1.29, 1.82) is 0 Å². The summed E-state index contributed by atoms with van der Waals surface area (Å²) in [6.45, 7) is 4.79. The standard InChI is InChI=1S/C59H38O/c1-59(2)52-32-36(37-27-31-51-54(34-37)60-58-50-24-12-6-18-41(50)40-17-5-7-19-45(40)57(51)58)26-29-42(52)43-30-28-38(33-53(43)59)55-46-20-8-10-22-48(46)56(49-23-11-9-21-47(49)55)44-25-13-15-35-14-3-4-16-39(35)44/h3-34H,1-2H3. The Bertz CT molecular complexity index is 3740. The van der Waals surface area contributed by atoms with Gasteiger partial charge in [-0.25, -0.2) is 0 Å². The van der Waals surface area contributed by atoms with E-state index in [0.29, 0.717) is 0 Å². The predicted molar refractivity (Wildman–Crippen MR) is 255 cm³/mol. The first kappa shape index (κ1) is 33.5. The maximum absolute atomic E-state index is 6.79. The molecule has 11 aromatic carbocycles. The molecule has 0 aliphatic heterocycles. The summed E-state index contributed by atoms with van der Waals surface area (Å²) in [6.07, 6.45) is 0. The second-order valence-corrected chi connectivity index (χ2v) is 17.1. The summed E-state index contributed by atoms with van der Waals surface area (Å²) in [4.78, 5) is 0. The largest absolute Gasteiger partial charge is 0.455 e. The maximum Gasteiger partial charge on any atom is 0.143 e.